The number of nitrogens with one attached hydrogen (secondary N) is 1. The van der Waals surface area contributed by atoms with Crippen molar-refractivity contribution in [2.75, 3.05) is 12.4 Å². The van der Waals surface area contributed by atoms with E-state index in [0.29, 0.717) is 5.82 Å². The quantitative estimate of drug-likeness (QED) is 0.945. The second-order valence-corrected chi connectivity index (χ2v) is 5.37. The Bertz CT molecular complexity index is 513. The molecule has 2 aromatic heterocycles. The van der Waals surface area contributed by atoms with Crippen molar-refractivity contribution in [2.45, 2.75) is 20.3 Å². The Hall–Kier alpha value is -1.01. The molecule has 0 bridgehead atoms. The van der Waals surface area contributed by atoms with Crippen molar-refractivity contribution in [3.8, 4) is 11.5 Å². The van der Waals surface area contributed by atoms with E-state index in [1.54, 1.807) is 11.3 Å². The fraction of sp³-hybridized carbons (Fsp3) is 0.364. The number of halogens is 1. The Balaban J connectivity index is 2.55. The van der Waals surface area contributed by atoms with Crippen LogP contribution in [0, 0.1) is 6.92 Å². The monoisotopic (exact) mass is 312 g/mol. The largest absolute Gasteiger partial charge is 0.372 e. The Kier molecular flexibility index (Phi) is 3.73. The van der Waals surface area contributed by atoms with Crippen LogP contribution in [0.4, 0.5) is 5.82 Å². The third-order valence-corrected chi connectivity index (χ3v) is 3.95. The Morgan fingerprint density at radius 2 is 2.12 bits per heavy atom. The van der Waals surface area contributed by atoms with Crippen LogP contribution in [-0.2, 0) is 6.42 Å². The zero-order chi connectivity index (χ0) is 12.4. The molecular weight excluding hydrogens is 300 g/mol. The van der Waals surface area contributed by atoms with Crippen molar-refractivity contribution in [1.29, 1.82) is 0 Å². The summed E-state index contributed by atoms with van der Waals surface area (Å²) in [4.78, 5) is 13.4. The van der Waals surface area contributed by atoms with Gasteiger partial charge in [0.05, 0.1) is 15.2 Å². The average Bonchev–Trinajstić information content (AvgIpc) is 2.76. The topological polar surface area (TPSA) is 50.7 Å². The molecule has 2 heterocycles. The van der Waals surface area contributed by atoms with Gasteiger partial charge in [-0.25, -0.2) is 15.0 Å². The molecule has 0 unspecified atom stereocenters. The van der Waals surface area contributed by atoms with Crippen molar-refractivity contribution >= 4 is 33.1 Å². The molecule has 0 radical (unpaired) electrons. The molecule has 0 aromatic carbocycles. The lowest BCUT2D eigenvalue weighted by atomic mass is 10.3. The lowest BCUT2D eigenvalue weighted by molar-refractivity contribution is 0.985. The van der Waals surface area contributed by atoms with Crippen molar-refractivity contribution in [3.63, 3.8) is 0 Å². The van der Waals surface area contributed by atoms with E-state index in [1.165, 1.54) is 0 Å². The summed E-state index contributed by atoms with van der Waals surface area (Å²) >= 11 is 5.12. The van der Waals surface area contributed by atoms with E-state index in [0.717, 1.165) is 33.1 Å². The maximum atomic E-state index is 4.53. The molecule has 1 N–H and O–H groups in total. The smallest absolute Gasteiger partial charge is 0.181 e. The van der Waals surface area contributed by atoms with Gasteiger partial charge in [-0.05, 0) is 29.3 Å². The third-order valence-electron chi connectivity index (χ3n) is 2.34. The molecule has 0 aliphatic heterocycles. The number of rotatable bonds is 3. The zero-order valence-electron chi connectivity index (χ0n) is 9.91. The predicted molar refractivity (Wildman–Crippen MR) is 74.5 cm³/mol. The average molecular weight is 313 g/mol. The van der Waals surface area contributed by atoms with Gasteiger partial charge in [-0.15, -0.1) is 11.3 Å². The van der Waals surface area contributed by atoms with Crippen molar-refractivity contribution in [3.05, 3.63) is 20.6 Å². The fourth-order valence-corrected chi connectivity index (χ4v) is 2.72. The highest BCUT2D eigenvalue weighted by Crippen LogP contribution is 2.27. The molecular formula is C11H13BrN4S. The summed E-state index contributed by atoms with van der Waals surface area (Å²) < 4.78 is 0.929. The standard InChI is InChI=1S/C11H13BrN4S/c1-4-7-9(12)11(13-3)16-10(15-7)8-5-17-6(2)14-8/h5H,4H2,1-3H3,(H,13,15,16). The van der Waals surface area contributed by atoms with Gasteiger partial charge in [0.2, 0.25) is 0 Å². The maximum Gasteiger partial charge on any atom is 0.181 e. The molecule has 0 spiro atoms. The first-order valence-corrected chi connectivity index (χ1v) is 6.99. The highest BCUT2D eigenvalue weighted by Gasteiger charge is 2.13. The molecule has 90 valence electrons. The van der Waals surface area contributed by atoms with E-state index in [1.807, 2.05) is 19.4 Å². The molecule has 0 aliphatic carbocycles. The van der Waals surface area contributed by atoms with E-state index in [-0.39, 0.29) is 0 Å². The summed E-state index contributed by atoms with van der Waals surface area (Å²) in [6, 6.07) is 0. The first kappa shape index (κ1) is 12.4. The van der Waals surface area contributed by atoms with Crippen LogP contribution in [0.5, 0.6) is 0 Å². The number of hydrogen-bond donors (Lipinski definition) is 1. The van der Waals surface area contributed by atoms with Crippen LogP contribution >= 0.6 is 27.3 Å². The number of thiazole rings is 1. The molecule has 2 aromatic rings. The highest BCUT2D eigenvalue weighted by molar-refractivity contribution is 9.10. The Labute approximate surface area is 113 Å². The van der Waals surface area contributed by atoms with Crippen molar-refractivity contribution < 1.29 is 0 Å². The molecule has 6 heteroatoms. The summed E-state index contributed by atoms with van der Waals surface area (Å²) in [5.41, 5.74) is 1.83. The van der Waals surface area contributed by atoms with E-state index in [9.17, 15) is 0 Å². The van der Waals surface area contributed by atoms with E-state index >= 15 is 0 Å². The minimum atomic E-state index is 0.679. The molecule has 0 saturated heterocycles. The van der Waals surface area contributed by atoms with Gasteiger partial charge < -0.3 is 5.32 Å². The van der Waals surface area contributed by atoms with Crippen LogP contribution in [0.15, 0.2) is 9.85 Å². The van der Waals surface area contributed by atoms with E-state index in [2.05, 4.69) is 43.1 Å². The normalized spacial score (nSPS) is 10.6. The summed E-state index contributed by atoms with van der Waals surface area (Å²) in [5, 5.41) is 6.07. The predicted octanol–water partition coefficient (Wildman–Crippen LogP) is 3.28. The van der Waals surface area contributed by atoms with Gasteiger partial charge in [-0.2, -0.15) is 0 Å². The molecule has 0 amide bonds. The van der Waals surface area contributed by atoms with Gasteiger partial charge in [0.15, 0.2) is 5.82 Å². The van der Waals surface area contributed by atoms with E-state index < -0.39 is 0 Å². The number of hydrogen-bond acceptors (Lipinski definition) is 5. The third kappa shape index (κ3) is 2.47. The maximum absolute atomic E-state index is 4.53. The van der Waals surface area contributed by atoms with Crippen LogP contribution in [0.3, 0.4) is 0 Å². The fourth-order valence-electron chi connectivity index (χ4n) is 1.47. The first-order chi connectivity index (χ1) is 8.15. The van der Waals surface area contributed by atoms with Crippen molar-refractivity contribution in [1.82, 2.24) is 15.0 Å². The molecule has 17 heavy (non-hydrogen) atoms. The Morgan fingerprint density at radius 1 is 1.35 bits per heavy atom. The minimum Gasteiger partial charge on any atom is -0.372 e. The van der Waals surface area contributed by atoms with Gasteiger partial charge in [0.1, 0.15) is 11.5 Å². The first-order valence-electron chi connectivity index (χ1n) is 5.32. The summed E-state index contributed by atoms with van der Waals surface area (Å²) in [6.07, 6.45) is 0.855. The number of aryl methyl sites for hydroxylation is 2. The Morgan fingerprint density at radius 3 is 2.65 bits per heavy atom. The lowest BCUT2D eigenvalue weighted by Crippen LogP contribution is -2.02. The van der Waals surface area contributed by atoms with Crippen LogP contribution in [0.25, 0.3) is 11.5 Å². The lowest BCUT2D eigenvalue weighted by Gasteiger charge is -2.08. The molecule has 2 rings (SSSR count). The zero-order valence-corrected chi connectivity index (χ0v) is 12.3. The SMILES string of the molecule is CCc1nc(-c2csc(C)n2)nc(NC)c1Br. The van der Waals surface area contributed by atoms with Crippen LogP contribution in [0.1, 0.15) is 17.6 Å². The van der Waals surface area contributed by atoms with E-state index in [4.69, 9.17) is 0 Å². The number of nitrogens with zero attached hydrogens (tertiary/aromatic N) is 3. The molecule has 0 aliphatic rings. The van der Waals surface area contributed by atoms with Crippen LogP contribution in [0.2, 0.25) is 0 Å². The minimum absolute atomic E-state index is 0.679. The molecule has 0 fully saturated rings. The summed E-state index contributed by atoms with van der Waals surface area (Å²) in [5.74, 6) is 1.48. The molecule has 4 nitrogen and oxygen atoms in total. The van der Waals surface area contributed by atoms with Gasteiger partial charge in [-0.3, -0.25) is 0 Å². The molecule has 0 atom stereocenters. The second-order valence-electron chi connectivity index (χ2n) is 3.51. The number of aromatic nitrogens is 3. The van der Waals surface area contributed by atoms with Crippen LogP contribution in [-0.4, -0.2) is 22.0 Å². The summed E-state index contributed by atoms with van der Waals surface area (Å²) in [6.45, 7) is 4.05. The van der Waals surface area contributed by atoms with Crippen molar-refractivity contribution in [2.24, 2.45) is 0 Å². The second kappa shape index (κ2) is 5.10. The van der Waals surface area contributed by atoms with Gasteiger partial charge in [0.25, 0.3) is 0 Å². The van der Waals surface area contributed by atoms with Crippen LogP contribution < -0.4 is 5.32 Å². The summed E-state index contributed by atoms with van der Waals surface area (Å²) in [7, 11) is 1.85. The highest BCUT2D eigenvalue weighted by atomic mass is 79.9. The molecule has 0 saturated carbocycles. The van der Waals surface area contributed by atoms with Gasteiger partial charge >= 0.3 is 0 Å². The number of anilines is 1. The van der Waals surface area contributed by atoms with Gasteiger partial charge in [0, 0.05) is 12.4 Å². The van der Waals surface area contributed by atoms with Gasteiger partial charge in [-0.1, -0.05) is 6.92 Å².